The van der Waals surface area contributed by atoms with Crippen molar-refractivity contribution in [3.05, 3.63) is 52.5 Å². The van der Waals surface area contributed by atoms with Crippen molar-refractivity contribution in [3.8, 4) is 17.2 Å². The molecule has 0 unspecified atom stereocenters. The number of carbonyl (C=O) groups is 1. The van der Waals surface area contributed by atoms with Crippen LogP contribution in [0.4, 0.5) is 0 Å². The predicted molar refractivity (Wildman–Crippen MR) is 84.0 cm³/mol. The summed E-state index contributed by atoms with van der Waals surface area (Å²) in [5.41, 5.74) is 0.946. The summed E-state index contributed by atoms with van der Waals surface area (Å²) < 4.78 is 16.9. The Kier molecular flexibility index (Phi) is 4.48. The van der Waals surface area contributed by atoms with E-state index in [9.17, 15) is 4.79 Å². The maximum atomic E-state index is 11.8. The predicted octanol–water partition coefficient (Wildman–Crippen LogP) is 2.87. The van der Waals surface area contributed by atoms with E-state index in [2.05, 4.69) is 21.2 Å². The lowest BCUT2D eigenvalue weighted by Gasteiger charge is -2.08. The van der Waals surface area contributed by atoms with E-state index in [1.54, 1.807) is 12.1 Å². The van der Waals surface area contributed by atoms with E-state index in [0.717, 1.165) is 15.8 Å². The number of amides is 1. The van der Waals surface area contributed by atoms with Crippen molar-refractivity contribution in [1.29, 1.82) is 0 Å². The van der Waals surface area contributed by atoms with Gasteiger partial charge in [-0.3, -0.25) is 4.79 Å². The summed E-state index contributed by atoms with van der Waals surface area (Å²) >= 11 is 3.34. The fourth-order valence-corrected chi connectivity index (χ4v) is 2.25. The summed E-state index contributed by atoms with van der Waals surface area (Å²) in [6, 6.07) is 12.9. The quantitative estimate of drug-likeness (QED) is 0.887. The first kappa shape index (κ1) is 14.7. The van der Waals surface area contributed by atoms with Gasteiger partial charge in [-0.15, -0.1) is 0 Å². The number of nitrogens with one attached hydrogen (secondary N) is 1. The molecule has 114 valence electrons. The zero-order chi connectivity index (χ0) is 15.4. The molecule has 1 heterocycles. The van der Waals surface area contributed by atoms with Crippen molar-refractivity contribution in [3.63, 3.8) is 0 Å². The topological polar surface area (TPSA) is 56.8 Å². The summed E-state index contributed by atoms with van der Waals surface area (Å²) in [5, 5.41) is 2.80. The minimum atomic E-state index is -0.180. The molecule has 1 N–H and O–H groups in total. The number of halogens is 1. The van der Waals surface area contributed by atoms with Crippen LogP contribution in [-0.4, -0.2) is 19.3 Å². The van der Waals surface area contributed by atoms with Gasteiger partial charge >= 0.3 is 0 Å². The van der Waals surface area contributed by atoms with Crippen LogP contribution < -0.4 is 19.5 Å². The lowest BCUT2D eigenvalue weighted by Crippen LogP contribution is -2.28. The second kappa shape index (κ2) is 6.70. The molecule has 0 saturated carbocycles. The molecule has 6 heteroatoms. The molecule has 0 fully saturated rings. The van der Waals surface area contributed by atoms with Crippen LogP contribution in [0.5, 0.6) is 17.2 Å². The third-order valence-electron chi connectivity index (χ3n) is 3.11. The van der Waals surface area contributed by atoms with Gasteiger partial charge in [0.1, 0.15) is 5.75 Å². The summed E-state index contributed by atoms with van der Waals surface area (Å²) in [6.07, 6.45) is 0. The fraction of sp³-hybridized carbons (Fsp3) is 0.188. The van der Waals surface area contributed by atoms with Crippen LogP contribution in [0.2, 0.25) is 0 Å². The standard InChI is InChI=1S/C16H14BrNO4/c17-12-2-4-13(5-3-12)20-9-16(19)18-8-11-1-6-14-15(7-11)22-10-21-14/h1-7H,8-10H2,(H,18,19). The summed E-state index contributed by atoms with van der Waals surface area (Å²) in [4.78, 5) is 11.8. The fourth-order valence-electron chi connectivity index (χ4n) is 1.98. The van der Waals surface area contributed by atoms with Crippen LogP contribution in [0.25, 0.3) is 0 Å². The highest BCUT2D eigenvalue weighted by Gasteiger charge is 2.13. The van der Waals surface area contributed by atoms with Crippen molar-refractivity contribution in [2.75, 3.05) is 13.4 Å². The molecule has 0 saturated heterocycles. The van der Waals surface area contributed by atoms with Crippen LogP contribution in [0.15, 0.2) is 46.9 Å². The Morgan fingerprint density at radius 1 is 1.14 bits per heavy atom. The second-order valence-corrected chi connectivity index (χ2v) is 5.62. The number of hydrogen-bond donors (Lipinski definition) is 1. The van der Waals surface area contributed by atoms with Crippen LogP contribution >= 0.6 is 15.9 Å². The normalized spacial score (nSPS) is 12.0. The molecular formula is C16H14BrNO4. The van der Waals surface area contributed by atoms with Crippen LogP contribution in [0, 0.1) is 0 Å². The third kappa shape index (κ3) is 3.71. The van der Waals surface area contributed by atoms with Crippen LogP contribution in [-0.2, 0) is 11.3 Å². The minimum Gasteiger partial charge on any atom is -0.484 e. The van der Waals surface area contributed by atoms with E-state index in [4.69, 9.17) is 14.2 Å². The number of rotatable bonds is 5. The second-order valence-electron chi connectivity index (χ2n) is 4.71. The Morgan fingerprint density at radius 3 is 2.73 bits per heavy atom. The van der Waals surface area contributed by atoms with E-state index >= 15 is 0 Å². The molecule has 1 aliphatic heterocycles. The Morgan fingerprint density at radius 2 is 1.91 bits per heavy atom. The average Bonchev–Trinajstić information content (AvgIpc) is 3.00. The van der Waals surface area contributed by atoms with Crippen molar-refractivity contribution in [1.82, 2.24) is 5.32 Å². The van der Waals surface area contributed by atoms with E-state index in [0.29, 0.717) is 18.0 Å². The minimum absolute atomic E-state index is 0.0216. The maximum absolute atomic E-state index is 11.8. The monoisotopic (exact) mass is 363 g/mol. The summed E-state index contributed by atoms with van der Waals surface area (Å²) in [5.74, 6) is 1.91. The number of benzene rings is 2. The smallest absolute Gasteiger partial charge is 0.258 e. The van der Waals surface area contributed by atoms with Gasteiger partial charge in [0.25, 0.3) is 5.91 Å². The molecule has 0 spiro atoms. The van der Waals surface area contributed by atoms with Gasteiger partial charge in [0.05, 0.1) is 0 Å². The van der Waals surface area contributed by atoms with Gasteiger partial charge in [-0.2, -0.15) is 0 Å². The van der Waals surface area contributed by atoms with Gasteiger partial charge in [-0.05, 0) is 42.0 Å². The molecule has 0 bridgehead atoms. The molecule has 3 rings (SSSR count). The average molecular weight is 364 g/mol. The highest BCUT2D eigenvalue weighted by atomic mass is 79.9. The van der Waals surface area contributed by atoms with Gasteiger partial charge in [-0.1, -0.05) is 22.0 Å². The zero-order valence-corrected chi connectivity index (χ0v) is 13.3. The van der Waals surface area contributed by atoms with E-state index in [1.807, 2.05) is 30.3 Å². The highest BCUT2D eigenvalue weighted by molar-refractivity contribution is 9.10. The number of fused-ring (bicyclic) bond motifs is 1. The van der Waals surface area contributed by atoms with Gasteiger partial charge in [0.2, 0.25) is 6.79 Å². The molecule has 22 heavy (non-hydrogen) atoms. The molecule has 5 nitrogen and oxygen atoms in total. The molecular weight excluding hydrogens is 350 g/mol. The third-order valence-corrected chi connectivity index (χ3v) is 3.64. The first-order valence-electron chi connectivity index (χ1n) is 6.74. The lowest BCUT2D eigenvalue weighted by atomic mass is 10.2. The van der Waals surface area contributed by atoms with E-state index in [-0.39, 0.29) is 19.3 Å². The molecule has 1 aliphatic rings. The molecule has 2 aromatic rings. The zero-order valence-electron chi connectivity index (χ0n) is 11.7. The number of ether oxygens (including phenoxy) is 3. The van der Waals surface area contributed by atoms with Gasteiger partial charge in [-0.25, -0.2) is 0 Å². The molecule has 0 radical (unpaired) electrons. The maximum Gasteiger partial charge on any atom is 0.258 e. The first-order valence-corrected chi connectivity index (χ1v) is 7.53. The summed E-state index contributed by atoms with van der Waals surface area (Å²) in [6.45, 7) is 0.636. The number of carbonyl (C=O) groups excluding carboxylic acids is 1. The molecule has 0 atom stereocenters. The van der Waals surface area contributed by atoms with Crippen molar-refractivity contribution in [2.24, 2.45) is 0 Å². The van der Waals surface area contributed by atoms with Crippen LogP contribution in [0.3, 0.4) is 0 Å². The Bertz CT molecular complexity index is 672. The van der Waals surface area contributed by atoms with Crippen molar-refractivity contribution in [2.45, 2.75) is 6.54 Å². The lowest BCUT2D eigenvalue weighted by molar-refractivity contribution is -0.123. The summed E-state index contributed by atoms with van der Waals surface area (Å²) in [7, 11) is 0. The number of hydrogen-bond acceptors (Lipinski definition) is 4. The molecule has 2 aromatic carbocycles. The van der Waals surface area contributed by atoms with E-state index < -0.39 is 0 Å². The van der Waals surface area contributed by atoms with Crippen molar-refractivity contribution >= 4 is 21.8 Å². The molecule has 0 aliphatic carbocycles. The van der Waals surface area contributed by atoms with Crippen LogP contribution in [0.1, 0.15) is 5.56 Å². The van der Waals surface area contributed by atoms with Gasteiger partial charge < -0.3 is 19.5 Å². The molecule has 0 aromatic heterocycles. The SMILES string of the molecule is O=C(COc1ccc(Br)cc1)NCc1ccc2c(c1)OCO2. The Labute approximate surface area is 136 Å². The first-order chi connectivity index (χ1) is 10.7. The molecule has 1 amide bonds. The largest absolute Gasteiger partial charge is 0.484 e. The Balaban J connectivity index is 1.47. The van der Waals surface area contributed by atoms with Crippen molar-refractivity contribution < 1.29 is 19.0 Å². The van der Waals surface area contributed by atoms with Gasteiger partial charge in [0, 0.05) is 11.0 Å². The van der Waals surface area contributed by atoms with E-state index in [1.165, 1.54) is 0 Å². The Hall–Kier alpha value is -2.21. The van der Waals surface area contributed by atoms with Gasteiger partial charge in [0.15, 0.2) is 18.1 Å². The highest BCUT2D eigenvalue weighted by Crippen LogP contribution is 2.32.